The monoisotopic (exact) mass is 359 g/mol. The van der Waals surface area contributed by atoms with Crippen LogP contribution >= 0.6 is 11.6 Å². The van der Waals surface area contributed by atoms with Gasteiger partial charge in [-0.05, 0) is 43.7 Å². The number of carbonyl (C=O) groups is 1. The number of methoxy groups -OCH3 is 1. The number of rotatable bonds is 5. The summed E-state index contributed by atoms with van der Waals surface area (Å²) in [5.74, 6) is 0.978. The lowest BCUT2D eigenvalue weighted by Crippen LogP contribution is -2.38. The van der Waals surface area contributed by atoms with Crippen LogP contribution < -0.4 is 4.74 Å². The van der Waals surface area contributed by atoms with Crippen molar-refractivity contribution in [2.75, 3.05) is 20.2 Å². The summed E-state index contributed by atoms with van der Waals surface area (Å²) in [6.07, 6.45) is 1.83. The Morgan fingerprint density at radius 2 is 2.12 bits per heavy atom. The largest absolute Gasteiger partial charge is 0.507 e. The van der Waals surface area contributed by atoms with Crippen LogP contribution in [0.25, 0.3) is 0 Å². The Morgan fingerprint density at radius 3 is 2.88 bits per heavy atom. The Hall–Kier alpha value is -2.04. The van der Waals surface area contributed by atoms with Crippen LogP contribution in [0.15, 0.2) is 42.5 Å². The van der Waals surface area contributed by atoms with Gasteiger partial charge < -0.3 is 9.84 Å². The highest BCUT2D eigenvalue weighted by atomic mass is 35.5. The van der Waals surface area contributed by atoms with Gasteiger partial charge in [-0.1, -0.05) is 29.8 Å². The van der Waals surface area contributed by atoms with Gasteiger partial charge in [-0.25, -0.2) is 0 Å². The zero-order valence-electron chi connectivity index (χ0n) is 14.2. The van der Waals surface area contributed by atoms with Crippen molar-refractivity contribution in [2.45, 2.75) is 19.4 Å². The summed E-state index contributed by atoms with van der Waals surface area (Å²) < 4.78 is 5.36. The summed E-state index contributed by atoms with van der Waals surface area (Å²) in [7, 11) is 1.60. The van der Waals surface area contributed by atoms with Crippen molar-refractivity contribution < 1.29 is 14.6 Å². The van der Waals surface area contributed by atoms with Gasteiger partial charge in [-0.15, -0.1) is 0 Å². The van der Waals surface area contributed by atoms with E-state index < -0.39 is 0 Å². The van der Waals surface area contributed by atoms with Crippen molar-refractivity contribution in [3.63, 3.8) is 0 Å². The lowest BCUT2D eigenvalue weighted by atomic mass is 9.89. The average molecular weight is 360 g/mol. The summed E-state index contributed by atoms with van der Waals surface area (Å²) >= 11 is 6.01. The van der Waals surface area contributed by atoms with E-state index in [0.29, 0.717) is 29.4 Å². The normalized spacial score (nSPS) is 18.1. The molecule has 25 heavy (non-hydrogen) atoms. The standard InChI is InChI=1S/C20H22ClNO3/c1-25-19-9-3-8-18(23)17(19)13-22-10-4-6-15(12-22)20(24)14-5-2-7-16(21)11-14/h2-3,5,7-9,11,15,23H,4,6,10,12-13H2,1H3/t15-/m1/s1. The van der Waals surface area contributed by atoms with E-state index in [4.69, 9.17) is 16.3 Å². The second kappa shape index (κ2) is 7.89. The zero-order chi connectivity index (χ0) is 17.8. The number of hydrogen-bond donors (Lipinski definition) is 1. The molecule has 1 aliphatic rings. The van der Waals surface area contributed by atoms with E-state index >= 15 is 0 Å². The van der Waals surface area contributed by atoms with Crippen molar-refractivity contribution in [3.8, 4) is 11.5 Å². The Morgan fingerprint density at radius 1 is 1.32 bits per heavy atom. The van der Waals surface area contributed by atoms with Crippen LogP contribution in [0.5, 0.6) is 11.5 Å². The van der Waals surface area contributed by atoms with Crippen molar-refractivity contribution in [1.29, 1.82) is 0 Å². The number of likely N-dealkylation sites (tertiary alicyclic amines) is 1. The summed E-state index contributed by atoms with van der Waals surface area (Å²) in [6.45, 7) is 2.13. The number of phenolic OH excluding ortho intramolecular Hbond substituents is 1. The van der Waals surface area contributed by atoms with E-state index in [9.17, 15) is 9.90 Å². The van der Waals surface area contributed by atoms with E-state index in [2.05, 4.69) is 4.90 Å². The van der Waals surface area contributed by atoms with Gasteiger partial charge >= 0.3 is 0 Å². The minimum atomic E-state index is -0.0518. The molecule has 0 bridgehead atoms. The molecule has 0 spiro atoms. The van der Waals surface area contributed by atoms with Crippen LogP contribution in [0.2, 0.25) is 5.02 Å². The van der Waals surface area contributed by atoms with Crippen molar-refractivity contribution >= 4 is 17.4 Å². The molecule has 3 rings (SSSR count). The first-order chi connectivity index (χ1) is 12.1. The third-order valence-corrected chi connectivity index (χ3v) is 4.93. The molecule has 0 aliphatic carbocycles. The molecular weight excluding hydrogens is 338 g/mol. The number of nitrogens with zero attached hydrogens (tertiary/aromatic N) is 1. The molecule has 2 aromatic carbocycles. The van der Waals surface area contributed by atoms with Gasteiger partial charge in [0.15, 0.2) is 5.78 Å². The Bertz CT molecular complexity index is 762. The van der Waals surface area contributed by atoms with Crippen LogP contribution in [-0.2, 0) is 6.54 Å². The van der Waals surface area contributed by atoms with Gasteiger partial charge in [0.25, 0.3) is 0 Å². The van der Waals surface area contributed by atoms with Gasteiger partial charge in [0.2, 0.25) is 0 Å². The highest BCUT2D eigenvalue weighted by molar-refractivity contribution is 6.31. The van der Waals surface area contributed by atoms with E-state index in [1.165, 1.54) is 0 Å². The first-order valence-corrected chi connectivity index (χ1v) is 8.83. The van der Waals surface area contributed by atoms with Crippen molar-refractivity contribution in [3.05, 3.63) is 58.6 Å². The lowest BCUT2D eigenvalue weighted by molar-refractivity contribution is 0.0810. The minimum Gasteiger partial charge on any atom is -0.507 e. The zero-order valence-corrected chi connectivity index (χ0v) is 15.0. The average Bonchev–Trinajstić information content (AvgIpc) is 2.63. The summed E-state index contributed by atoms with van der Waals surface area (Å²) in [6, 6.07) is 12.4. The van der Waals surface area contributed by atoms with Gasteiger partial charge in [-0.2, -0.15) is 0 Å². The Labute approximate surface area is 153 Å². The number of benzene rings is 2. The fraction of sp³-hybridized carbons (Fsp3) is 0.350. The van der Waals surface area contributed by atoms with Gasteiger partial charge in [-0.3, -0.25) is 9.69 Å². The molecule has 1 saturated heterocycles. The predicted molar refractivity (Wildman–Crippen MR) is 98.4 cm³/mol. The topological polar surface area (TPSA) is 49.8 Å². The third-order valence-electron chi connectivity index (χ3n) is 4.70. The van der Waals surface area contributed by atoms with E-state index in [-0.39, 0.29) is 17.5 Å². The number of aromatic hydroxyl groups is 1. The quantitative estimate of drug-likeness (QED) is 0.815. The molecule has 0 radical (unpaired) electrons. The fourth-order valence-corrected chi connectivity index (χ4v) is 3.61. The van der Waals surface area contributed by atoms with Crippen LogP contribution in [0.1, 0.15) is 28.8 Å². The predicted octanol–water partition coefficient (Wildman–Crippen LogP) is 4.15. The highest BCUT2D eigenvalue weighted by Crippen LogP contribution is 2.31. The first kappa shape index (κ1) is 17.8. The summed E-state index contributed by atoms with van der Waals surface area (Å²) in [5.41, 5.74) is 1.43. The number of piperidine rings is 1. The number of carbonyl (C=O) groups excluding carboxylic acids is 1. The molecular formula is C20H22ClNO3. The van der Waals surface area contributed by atoms with Gasteiger partial charge in [0.1, 0.15) is 11.5 Å². The number of halogens is 1. The molecule has 1 heterocycles. The van der Waals surface area contributed by atoms with Crippen molar-refractivity contribution in [1.82, 2.24) is 4.90 Å². The van der Waals surface area contributed by atoms with E-state index in [1.54, 1.807) is 31.4 Å². The van der Waals surface area contributed by atoms with Crippen LogP contribution in [0.3, 0.4) is 0 Å². The Balaban J connectivity index is 1.73. The van der Waals surface area contributed by atoms with Crippen LogP contribution in [0.4, 0.5) is 0 Å². The molecule has 0 saturated carbocycles. The Kier molecular flexibility index (Phi) is 5.61. The van der Waals surface area contributed by atoms with Crippen LogP contribution in [0, 0.1) is 5.92 Å². The maximum Gasteiger partial charge on any atom is 0.167 e. The molecule has 132 valence electrons. The second-order valence-corrected chi connectivity index (χ2v) is 6.84. The molecule has 1 atom stereocenters. The van der Waals surface area contributed by atoms with Crippen LogP contribution in [-0.4, -0.2) is 36.0 Å². The first-order valence-electron chi connectivity index (χ1n) is 8.45. The molecule has 5 heteroatoms. The number of Topliss-reactive ketones (excluding diaryl/α,β-unsaturated/α-hetero) is 1. The fourth-order valence-electron chi connectivity index (χ4n) is 3.42. The molecule has 1 aliphatic heterocycles. The number of ether oxygens (including phenoxy) is 1. The van der Waals surface area contributed by atoms with E-state index in [1.807, 2.05) is 18.2 Å². The van der Waals surface area contributed by atoms with Gasteiger partial charge in [0, 0.05) is 35.2 Å². The molecule has 0 unspecified atom stereocenters. The molecule has 2 aromatic rings. The van der Waals surface area contributed by atoms with E-state index in [0.717, 1.165) is 24.9 Å². The van der Waals surface area contributed by atoms with Crippen molar-refractivity contribution in [2.24, 2.45) is 5.92 Å². The molecule has 4 nitrogen and oxygen atoms in total. The SMILES string of the molecule is COc1cccc(O)c1CN1CCC[C@@H](C(=O)c2cccc(Cl)c2)C1. The lowest BCUT2D eigenvalue weighted by Gasteiger charge is -2.32. The molecule has 1 N–H and O–H groups in total. The second-order valence-electron chi connectivity index (χ2n) is 6.41. The number of ketones is 1. The molecule has 1 fully saturated rings. The number of hydrogen-bond acceptors (Lipinski definition) is 4. The summed E-state index contributed by atoms with van der Waals surface area (Å²) in [4.78, 5) is 15.0. The maximum absolute atomic E-state index is 12.8. The molecule has 0 amide bonds. The summed E-state index contributed by atoms with van der Waals surface area (Å²) in [5, 5.41) is 10.7. The maximum atomic E-state index is 12.8. The van der Waals surface area contributed by atoms with Gasteiger partial charge in [0.05, 0.1) is 7.11 Å². The third kappa shape index (κ3) is 4.14. The highest BCUT2D eigenvalue weighted by Gasteiger charge is 2.27. The smallest absolute Gasteiger partial charge is 0.167 e. The number of phenols is 1. The molecule has 0 aromatic heterocycles. The minimum absolute atomic E-state index is 0.0518.